The Morgan fingerprint density at radius 1 is 1.08 bits per heavy atom. The van der Waals surface area contributed by atoms with Crippen molar-refractivity contribution in [2.24, 2.45) is 0 Å². The van der Waals surface area contributed by atoms with Gasteiger partial charge in [-0.25, -0.2) is 9.97 Å². The van der Waals surface area contributed by atoms with Crippen molar-refractivity contribution < 1.29 is 9.59 Å². The summed E-state index contributed by atoms with van der Waals surface area (Å²) in [7, 11) is 0. The van der Waals surface area contributed by atoms with Gasteiger partial charge in [-0.15, -0.1) is 0 Å². The number of carbonyl (C=O) groups excluding carboxylic acids is 2. The van der Waals surface area contributed by atoms with E-state index in [2.05, 4.69) is 15.3 Å². The van der Waals surface area contributed by atoms with Crippen molar-refractivity contribution in [2.45, 2.75) is 6.42 Å². The summed E-state index contributed by atoms with van der Waals surface area (Å²) in [5.41, 5.74) is 0.580. The molecule has 0 unspecified atom stereocenters. The molecule has 2 aromatic rings. The molecule has 1 aliphatic heterocycles. The molecule has 0 atom stereocenters. The molecule has 2 amide bonds. The molecule has 130 valence electrons. The molecule has 0 radical (unpaired) electrons. The molecule has 1 aliphatic rings. The van der Waals surface area contributed by atoms with Crippen LogP contribution in [0.15, 0.2) is 42.7 Å². The number of anilines is 2. The van der Waals surface area contributed by atoms with Crippen molar-refractivity contribution in [3.63, 3.8) is 0 Å². The van der Waals surface area contributed by atoms with E-state index < -0.39 is 0 Å². The highest BCUT2D eigenvalue weighted by Crippen LogP contribution is 2.15. The van der Waals surface area contributed by atoms with Crippen LogP contribution in [0.5, 0.6) is 0 Å². The summed E-state index contributed by atoms with van der Waals surface area (Å²) in [6, 6.07) is 8.60. The lowest BCUT2D eigenvalue weighted by Gasteiger charge is -2.34. The molecule has 0 bridgehead atoms. The van der Waals surface area contributed by atoms with Gasteiger partial charge in [0, 0.05) is 49.3 Å². The van der Waals surface area contributed by atoms with Crippen LogP contribution in [0.2, 0.25) is 5.02 Å². The fraction of sp³-hybridized carbons (Fsp3) is 0.294. The number of hydrogen-bond donors (Lipinski definition) is 1. The van der Waals surface area contributed by atoms with Gasteiger partial charge < -0.3 is 15.1 Å². The number of nitrogens with one attached hydrogen (secondary N) is 1. The summed E-state index contributed by atoms with van der Waals surface area (Å²) in [5.74, 6) is 0.127. The van der Waals surface area contributed by atoms with Crippen LogP contribution >= 0.6 is 11.6 Å². The van der Waals surface area contributed by atoms with Crippen LogP contribution in [-0.2, 0) is 9.59 Å². The summed E-state index contributed by atoms with van der Waals surface area (Å²) in [4.78, 5) is 36.5. The molecule has 0 aliphatic carbocycles. The Morgan fingerprint density at radius 2 is 1.80 bits per heavy atom. The topological polar surface area (TPSA) is 78.4 Å². The number of hydrogen-bond acceptors (Lipinski definition) is 5. The normalized spacial score (nSPS) is 14.3. The number of rotatable bonds is 4. The molecule has 1 saturated heterocycles. The second-order valence-electron chi connectivity index (χ2n) is 5.65. The molecule has 7 nitrogen and oxygen atoms in total. The van der Waals surface area contributed by atoms with E-state index in [0.717, 1.165) is 0 Å². The molecule has 1 aromatic heterocycles. The molecular weight excluding hydrogens is 342 g/mol. The van der Waals surface area contributed by atoms with Crippen LogP contribution in [0.3, 0.4) is 0 Å². The van der Waals surface area contributed by atoms with E-state index in [1.54, 1.807) is 47.6 Å². The maximum absolute atomic E-state index is 12.3. The van der Waals surface area contributed by atoms with Crippen molar-refractivity contribution >= 4 is 35.1 Å². The third-order valence-electron chi connectivity index (χ3n) is 3.89. The Kier molecular flexibility index (Phi) is 5.45. The average Bonchev–Trinajstić information content (AvgIpc) is 2.62. The summed E-state index contributed by atoms with van der Waals surface area (Å²) < 4.78 is 0. The van der Waals surface area contributed by atoms with Gasteiger partial charge in [0.25, 0.3) is 0 Å². The van der Waals surface area contributed by atoms with Crippen molar-refractivity contribution in [3.05, 3.63) is 47.7 Å². The van der Waals surface area contributed by atoms with E-state index in [-0.39, 0.29) is 18.2 Å². The molecule has 1 fully saturated rings. The SMILES string of the molecule is O=C(CC(=O)N1CCN(c2ncccn2)CC1)Nc1cccc(Cl)c1. The largest absolute Gasteiger partial charge is 0.339 e. The zero-order valence-electron chi connectivity index (χ0n) is 13.6. The minimum Gasteiger partial charge on any atom is -0.339 e. The molecule has 25 heavy (non-hydrogen) atoms. The van der Waals surface area contributed by atoms with E-state index in [0.29, 0.717) is 42.8 Å². The monoisotopic (exact) mass is 359 g/mol. The van der Waals surface area contributed by atoms with E-state index in [1.165, 1.54) is 0 Å². The lowest BCUT2D eigenvalue weighted by molar-refractivity contribution is -0.134. The quantitative estimate of drug-likeness (QED) is 0.842. The van der Waals surface area contributed by atoms with E-state index >= 15 is 0 Å². The number of benzene rings is 1. The molecule has 3 rings (SSSR count). The summed E-state index contributed by atoms with van der Waals surface area (Å²) in [6.45, 7) is 2.38. The Hall–Kier alpha value is -2.67. The Balaban J connectivity index is 1.48. The van der Waals surface area contributed by atoms with Crippen molar-refractivity contribution in [1.29, 1.82) is 0 Å². The fourth-order valence-corrected chi connectivity index (χ4v) is 2.82. The van der Waals surface area contributed by atoms with Gasteiger partial charge in [-0.1, -0.05) is 17.7 Å². The second kappa shape index (κ2) is 7.94. The lowest BCUT2D eigenvalue weighted by Crippen LogP contribution is -2.49. The highest BCUT2D eigenvalue weighted by Gasteiger charge is 2.23. The Bertz CT molecular complexity index is 748. The fourth-order valence-electron chi connectivity index (χ4n) is 2.63. The highest BCUT2D eigenvalue weighted by atomic mass is 35.5. The Morgan fingerprint density at radius 3 is 2.48 bits per heavy atom. The number of nitrogens with zero attached hydrogens (tertiary/aromatic N) is 4. The summed E-state index contributed by atoms with van der Waals surface area (Å²) in [6.07, 6.45) is 3.20. The van der Waals surface area contributed by atoms with Crippen molar-refractivity contribution in [1.82, 2.24) is 14.9 Å². The van der Waals surface area contributed by atoms with Crippen molar-refractivity contribution in [2.75, 3.05) is 36.4 Å². The van der Waals surface area contributed by atoms with Gasteiger partial charge in [0.1, 0.15) is 6.42 Å². The predicted molar refractivity (Wildman–Crippen MR) is 95.5 cm³/mol. The number of aromatic nitrogens is 2. The van der Waals surface area contributed by atoms with Crippen LogP contribution in [-0.4, -0.2) is 52.9 Å². The van der Waals surface area contributed by atoms with Crippen LogP contribution in [0.25, 0.3) is 0 Å². The third-order valence-corrected chi connectivity index (χ3v) is 4.12. The molecule has 1 aromatic carbocycles. The molecule has 0 saturated carbocycles. The van der Waals surface area contributed by atoms with Gasteiger partial charge in [-0.3, -0.25) is 9.59 Å². The van der Waals surface area contributed by atoms with Gasteiger partial charge >= 0.3 is 0 Å². The highest BCUT2D eigenvalue weighted by molar-refractivity contribution is 6.30. The minimum absolute atomic E-state index is 0.186. The molecule has 1 N–H and O–H groups in total. The smallest absolute Gasteiger partial charge is 0.233 e. The number of piperazine rings is 1. The van der Waals surface area contributed by atoms with Crippen LogP contribution in [0.4, 0.5) is 11.6 Å². The first-order chi connectivity index (χ1) is 12.1. The average molecular weight is 360 g/mol. The minimum atomic E-state index is -0.346. The lowest BCUT2D eigenvalue weighted by atomic mass is 10.2. The van der Waals surface area contributed by atoms with Crippen LogP contribution in [0.1, 0.15) is 6.42 Å². The summed E-state index contributed by atoms with van der Waals surface area (Å²) >= 11 is 5.88. The maximum atomic E-state index is 12.3. The predicted octanol–water partition coefficient (Wildman–Crippen LogP) is 1.81. The van der Waals surface area contributed by atoms with Gasteiger partial charge in [-0.2, -0.15) is 0 Å². The van der Waals surface area contributed by atoms with E-state index in [4.69, 9.17) is 11.6 Å². The van der Waals surface area contributed by atoms with Gasteiger partial charge in [0.05, 0.1) is 0 Å². The Labute approximate surface area is 150 Å². The first-order valence-electron chi connectivity index (χ1n) is 7.97. The van der Waals surface area contributed by atoms with Gasteiger partial charge in [0.15, 0.2) is 0 Å². The molecule has 2 heterocycles. The molecule has 8 heteroatoms. The summed E-state index contributed by atoms with van der Waals surface area (Å²) in [5, 5.41) is 3.22. The van der Waals surface area contributed by atoms with E-state index in [9.17, 15) is 9.59 Å². The first kappa shape index (κ1) is 17.2. The zero-order valence-corrected chi connectivity index (χ0v) is 14.3. The number of carbonyl (C=O) groups is 2. The maximum Gasteiger partial charge on any atom is 0.233 e. The zero-order chi connectivity index (χ0) is 17.6. The standard InChI is InChI=1S/C17H18ClN5O2/c18-13-3-1-4-14(11-13)21-15(24)12-16(25)22-7-9-23(10-8-22)17-19-5-2-6-20-17/h1-6,11H,7-10,12H2,(H,21,24). The number of halogens is 1. The first-order valence-corrected chi connectivity index (χ1v) is 8.35. The van der Waals surface area contributed by atoms with Gasteiger partial charge in [-0.05, 0) is 24.3 Å². The van der Waals surface area contributed by atoms with Crippen LogP contribution in [0, 0.1) is 0 Å². The van der Waals surface area contributed by atoms with Crippen molar-refractivity contribution in [3.8, 4) is 0 Å². The number of amides is 2. The molecule has 0 spiro atoms. The van der Waals surface area contributed by atoms with Gasteiger partial charge in [0.2, 0.25) is 17.8 Å². The molecular formula is C17H18ClN5O2. The van der Waals surface area contributed by atoms with Crippen LogP contribution < -0.4 is 10.2 Å². The second-order valence-corrected chi connectivity index (χ2v) is 6.09. The third kappa shape index (κ3) is 4.67. The van der Waals surface area contributed by atoms with E-state index in [1.807, 2.05) is 4.90 Å².